The van der Waals surface area contributed by atoms with Crippen molar-refractivity contribution >= 4 is 12.6 Å². The number of rotatable bonds is 1. The fraction of sp³-hybridized carbons (Fsp3) is 1.00. The molecule has 0 atom stereocenters. The fourth-order valence-electron chi connectivity index (χ4n) is 0. The van der Waals surface area contributed by atoms with E-state index in [9.17, 15) is 0 Å². The van der Waals surface area contributed by atoms with E-state index in [1.165, 1.54) is 0 Å². The molecule has 0 unspecified atom stereocenters. The largest absolute Gasteiger partial charge is 0.794 e. The Balaban J connectivity index is 1.97. The molecule has 0 fully saturated rings. The molecule has 1 nitrogen and oxygen atoms in total. The van der Waals surface area contributed by atoms with E-state index in [0.29, 0.717) is 12.3 Å². The molecule has 0 aliphatic rings. The zero-order valence-corrected chi connectivity index (χ0v) is 3.14. The van der Waals surface area contributed by atoms with Crippen molar-refractivity contribution in [2.45, 2.75) is 0 Å². The predicted octanol–water partition coefficient (Wildman–Crippen LogP) is 0.586. The van der Waals surface area contributed by atoms with Crippen LogP contribution in [0.15, 0.2) is 0 Å². The van der Waals surface area contributed by atoms with E-state index in [-0.39, 0.29) is 0 Å². The molecule has 26 valence electrons. The summed E-state index contributed by atoms with van der Waals surface area (Å²) in [6.07, 6.45) is 0. The van der Waals surface area contributed by atoms with Gasteiger partial charge in [0, 0.05) is 0 Å². The molecule has 0 aliphatic carbocycles. The van der Waals surface area contributed by atoms with Gasteiger partial charge in [-0.05, 0) is 0 Å². The molecule has 0 amide bonds. The average Bonchev–Trinajstić information content (AvgIpc) is 1.37. The van der Waals surface area contributed by atoms with Gasteiger partial charge in [0.15, 0.2) is 0 Å². The highest BCUT2D eigenvalue weighted by Gasteiger charge is 1.31. The van der Waals surface area contributed by atoms with E-state index in [2.05, 4.69) is 12.6 Å². The summed E-state index contributed by atoms with van der Waals surface area (Å²) in [6.45, 7) is 0.384. The lowest BCUT2D eigenvalue weighted by molar-refractivity contribution is 1.40. The first-order chi connectivity index (χ1) is 1.91. The van der Waals surface area contributed by atoms with Gasteiger partial charge in [0.25, 0.3) is 0 Å². The van der Waals surface area contributed by atoms with Crippen LogP contribution in [0.4, 0.5) is 0 Å². The molecule has 0 rings (SSSR count). The Morgan fingerprint density at radius 1 is 1.75 bits per heavy atom. The second-order valence-electron chi connectivity index (χ2n) is 0.454. The Hall–Kier alpha value is 0.310. The van der Waals surface area contributed by atoms with Gasteiger partial charge in [-0.3, -0.25) is 0 Å². The second kappa shape index (κ2) is 3.31. The zero-order chi connectivity index (χ0) is 3.41. The number of hydrogen-bond acceptors (Lipinski definition) is 1. The highest BCUT2D eigenvalue weighted by molar-refractivity contribution is 7.58. The quantitative estimate of drug-likeness (QED) is 0.418. The van der Waals surface area contributed by atoms with E-state index in [1.54, 1.807) is 0 Å². The molecular formula is C2H5NS-2. The van der Waals surface area contributed by atoms with Crippen LogP contribution in [0.5, 0.6) is 0 Å². The van der Waals surface area contributed by atoms with Gasteiger partial charge < -0.3 is 18.4 Å². The van der Waals surface area contributed by atoms with E-state index in [0.717, 1.165) is 0 Å². The van der Waals surface area contributed by atoms with Crippen LogP contribution in [0.25, 0.3) is 5.73 Å². The first-order valence-electron chi connectivity index (χ1n) is 1.14. The van der Waals surface area contributed by atoms with Crippen molar-refractivity contribution in [2.24, 2.45) is 0 Å². The number of nitrogens with one attached hydrogen (secondary N) is 1. The van der Waals surface area contributed by atoms with Gasteiger partial charge in [0.05, 0.1) is 0 Å². The predicted molar refractivity (Wildman–Crippen MR) is 21.4 cm³/mol. The molecule has 0 aromatic heterocycles. The lowest BCUT2D eigenvalue weighted by atomic mass is 10.8. The first kappa shape index (κ1) is 4.31. The molecule has 0 aromatic carbocycles. The van der Waals surface area contributed by atoms with Crippen molar-refractivity contribution in [3.63, 3.8) is 0 Å². The van der Waals surface area contributed by atoms with Crippen molar-refractivity contribution in [3.05, 3.63) is 5.73 Å². The van der Waals surface area contributed by atoms with Crippen LogP contribution in [-0.2, 0) is 12.6 Å². The second-order valence-corrected chi connectivity index (χ2v) is 0.862. The van der Waals surface area contributed by atoms with E-state index in [4.69, 9.17) is 5.73 Å². The molecule has 0 aliphatic heterocycles. The van der Waals surface area contributed by atoms with E-state index >= 15 is 0 Å². The first-order valence-corrected chi connectivity index (χ1v) is 1.72. The topological polar surface area (TPSA) is 23.8 Å². The number of hydrogen-bond donors (Lipinski definition) is 0. The minimum Gasteiger partial charge on any atom is -0.794 e. The maximum Gasteiger partial charge on any atom is -0.174 e. The molecule has 0 bridgehead atoms. The van der Waals surface area contributed by atoms with Gasteiger partial charge in [-0.1, -0.05) is 0 Å². The Morgan fingerprint density at radius 2 is 2.00 bits per heavy atom. The summed E-state index contributed by atoms with van der Waals surface area (Å²) in [7, 11) is 0. The van der Waals surface area contributed by atoms with Gasteiger partial charge in [-0.25, -0.2) is 0 Å². The highest BCUT2D eigenvalue weighted by atomic mass is 32.1. The molecule has 0 radical (unpaired) electrons. The highest BCUT2D eigenvalue weighted by Crippen LogP contribution is 1.53. The Morgan fingerprint density at radius 3 is 2.00 bits per heavy atom. The van der Waals surface area contributed by atoms with Crippen LogP contribution in [-0.4, -0.2) is 12.3 Å². The normalized spacial score (nSPS) is 7.50. The summed E-state index contributed by atoms with van der Waals surface area (Å²) in [5.74, 6) is 0.569. The van der Waals surface area contributed by atoms with Gasteiger partial charge in [-0.2, -0.15) is 12.3 Å². The summed E-state index contributed by atoms with van der Waals surface area (Å²) in [6, 6.07) is 0. The molecule has 0 spiro atoms. The Bertz CT molecular complexity index is 8.00. The molecule has 0 saturated heterocycles. The van der Waals surface area contributed by atoms with Crippen LogP contribution < -0.4 is 0 Å². The van der Waals surface area contributed by atoms with Gasteiger partial charge in [-0.15, -0.1) is 0 Å². The molecular weight excluding hydrogens is 70.1 g/mol. The van der Waals surface area contributed by atoms with Crippen LogP contribution in [0.2, 0.25) is 0 Å². The monoisotopic (exact) mass is 75.0 g/mol. The van der Waals surface area contributed by atoms with Crippen molar-refractivity contribution in [3.8, 4) is 0 Å². The minimum absolute atomic E-state index is 0.384. The summed E-state index contributed by atoms with van der Waals surface area (Å²) in [5.41, 5.74) is 6.35. The Labute approximate surface area is 31.6 Å². The lowest BCUT2D eigenvalue weighted by Gasteiger charge is -1.99. The fourth-order valence-corrected chi connectivity index (χ4v) is 0. The molecule has 0 aromatic rings. The van der Waals surface area contributed by atoms with E-state index in [1.807, 2.05) is 0 Å². The third-order valence-corrected chi connectivity index (χ3v) is 0.306. The summed E-state index contributed by atoms with van der Waals surface area (Å²) < 4.78 is 0. The van der Waals surface area contributed by atoms with Gasteiger partial charge in [0.1, 0.15) is 0 Å². The van der Waals surface area contributed by atoms with Crippen LogP contribution in [0, 0.1) is 0 Å². The van der Waals surface area contributed by atoms with Crippen LogP contribution >= 0.6 is 0 Å². The average molecular weight is 75.1 g/mol. The summed E-state index contributed by atoms with van der Waals surface area (Å²) >= 11 is 4.37. The summed E-state index contributed by atoms with van der Waals surface area (Å²) in [4.78, 5) is 0. The van der Waals surface area contributed by atoms with Crippen LogP contribution in [0.3, 0.4) is 0 Å². The van der Waals surface area contributed by atoms with Crippen molar-refractivity contribution in [1.82, 2.24) is 0 Å². The summed E-state index contributed by atoms with van der Waals surface area (Å²) in [5, 5.41) is 0. The minimum atomic E-state index is 0.384. The molecule has 0 saturated carbocycles. The zero-order valence-electron chi connectivity index (χ0n) is 2.32. The lowest BCUT2D eigenvalue weighted by Crippen LogP contribution is -1.74. The van der Waals surface area contributed by atoms with Gasteiger partial charge in [0.2, 0.25) is 0 Å². The van der Waals surface area contributed by atoms with Crippen molar-refractivity contribution < 1.29 is 0 Å². The van der Waals surface area contributed by atoms with Crippen molar-refractivity contribution in [1.29, 1.82) is 0 Å². The van der Waals surface area contributed by atoms with Gasteiger partial charge >= 0.3 is 0 Å². The Kier molecular flexibility index (Phi) is 3.57. The smallest absolute Gasteiger partial charge is 0.174 e. The SMILES string of the molecule is [NH-]CC[S-]. The van der Waals surface area contributed by atoms with Crippen LogP contribution in [0.1, 0.15) is 0 Å². The molecule has 2 heteroatoms. The maximum atomic E-state index is 6.35. The third kappa shape index (κ3) is 2.31. The molecule has 4 heavy (non-hydrogen) atoms. The maximum absolute atomic E-state index is 6.35. The molecule has 0 heterocycles. The standard InChI is InChI=1S/C2H6NS/c3-1-2-4/h3-4H,1-2H2/q-1/p-1. The third-order valence-electron chi connectivity index (χ3n) is 0.102. The van der Waals surface area contributed by atoms with Crippen molar-refractivity contribution in [2.75, 3.05) is 12.3 Å². The van der Waals surface area contributed by atoms with E-state index < -0.39 is 0 Å². The molecule has 1 N–H and O–H groups in total.